The number of imidazole rings is 1. The highest BCUT2D eigenvalue weighted by Crippen LogP contribution is 2.27. The number of halogens is 1. The Balaban J connectivity index is 1.45. The van der Waals surface area contributed by atoms with Crippen molar-refractivity contribution >= 4 is 35.0 Å². The number of aromatic nitrogens is 2. The third kappa shape index (κ3) is 5.30. The Morgan fingerprint density at radius 1 is 0.970 bits per heavy atom. The van der Waals surface area contributed by atoms with Gasteiger partial charge in [-0.05, 0) is 61.0 Å². The van der Waals surface area contributed by atoms with Crippen LogP contribution in [-0.2, 0) is 7.05 Å². The second kappa shape index (κ2) is 9.70. The van der Waals surface area contributed by atoms with Crippen molar-refractivity contribution in [3.05, 3.63) is 102 Å². The Hall–Kier alpha value is -3.91. The summed E-state index contributed by atoms with van der Waals surface area (Å²) in [6, 6.07) is 18.2. The summed E-state index contributed by atoms with van der Waals surface area (Å²) in [5.41, 5.74) is 2.15. The summed E-state index contributed by atoms with van der Waals surface area (Å²) in [7, 11) is 1.93. The molecule has 166 valence electrons. The normalized spacial score (nSPS) is 10.6. The molecule has 0 aliphatic rings. The quantitative estimate of drug-likeness (QED) is 0.397. The van der Waals surface area contributed by atoms with Gasteiger partial charge in [0, 0.05) is 41.3 Å². The first-order valence-electron chi connectivity index (χ1n) is 10.1. The Bertz CT molecular complexity index is 1320. The molecule has 1 heterocycles. The minimum atomic E-state index is -0.605. The lowest BCUT2D eigenvalue weighted by molar-refractivity contribution is 0.101. The van der Waals surface area contributed by atoms with Crippen molar-refractivity contribution < 1.29 is 14.0 Å². The highest BCUT2D eigenvalue weighted by Gasteiger charge is 2.14. The van der Waals surface area contributed by atoms with E-state index < -0.39 is 11.7 Å². The minimum absolute atomic E-state index is 0.0599. The molecule has 8 heteroatoms. The second-order valence-electron chi connectivity index (χ2n) is 7.36. The largest absolute Gasteiger partial charge is 0.329 e. The van der Waals surface area contributed by atoms with Gasteiger partial charge in [-0.15, -0.1) is 0 Å². The van der Waals surface area contributed by atoms with E-state index in [1.165, 1.54) is 30.0 Å². The number of nitrogens with zero attached hydrogens (tertiary/aromatic N) is 2. The van der Waals surface area contributed by atoms with Crippen LogP contribution in [0.25, 0.3) is 0 Å². The molecule has 0 atom stereocenters. The monoisotopic (exact) mass is 460 g/mol. The Morgan fingerprint density at radius 3 is 2.42 bits per heavy atom. The predicted octanol–water partition coefficient (Wildman–Crippen LogP) is 5.52. The van der Waals surface area contributed by atoms with Crippen molar-refractivity contribution in [3.63, 3.8) is 0 Å². The summed E-state index contributed by atoms with van der Waals surface area (Å²) >= 11 is 1.53. The first-order chi connectivity index (χ1) is 15.9. The average molecular weight is 461 g/mol. The maximum Gasteiger partial charge on any atom is 0.258 e. The fraction of sp³-hybridized carbons (Fsp3) is 0.0800. The molecular weight excluding hydrogens is 439 g/mol. The van der Waals surface area contributed by atoms with E-state index in [0.717, 1.165) is 15.6 Å². The fourth-order valence-electron chi connectivity index (χ4n) is 3.10. The van der Waals surface area contributed by atoms with Crippen LogP contribution >= 0.6 is 11.8 Å². The lowest BCUT2D eigenvalue weighted by atomic mass is 10.1. The van der Waals surface area contributed by atoms with Crippen molar-refractivity contribution in [3.8, 4) is 0 Å². The predicted molar refractivity (Wildman–Crippen MR) is 127 cm³/mol. The lowest BCUT2D eigenvalue weighted by Gasteiger charge is -2.12. The highest BCUT2D eigenvalue weighted by molar-refractivity contribution is 7.99. The van der Waals surface area contributed by atoms with E-state index in [1.54, 1.807) is 37.4 Å². The summed E-state index contributed by atoms with van der Waals surface area (Å²) in [4.78, 5) is 30.5. The van der Waals surface area contributed by atoms with Gasteiger partial charge in [0.25, 0.3) is 11.8 Å². The van der Waals surface area contributed by atoms with E-state index in [2.05, 4.69) is 15.6 Å². The number of nitrogens with one attached hydrogen (secondary N) is 2. The second-order valence-corrected chi connectivity index (χ2v) is 8.41. The molecular formula is C25H21FN4O2S. The van der Waals surface area contributed by atoms with Crippen molar-refractivity contribution in [2.45, 2.75) is 17.0 Å². The molecule has 0 unspecified atom stereocenters. The van der Waals surface area contributed by atoms with Crippen LogP contribution in [0.2, 0.25) is 0 Å². The molecule has 0 bridgehead atoms. The van der Waals surface area contributed by atoms with Crippen LogP contribution in [0.1, 0.15) is 26.3 Å². The van der Waals surface area contributed by atoms with E-state index in [4.69, 9.17) is 0 Å². The Morgan fingerprint density at radius 2 is 1.73 bits per heavy atom. The number of hydrogen-bond acceptors (Lipinski definition) is 4. The van der Waals surface area contributed by atoms with E-state index in [-0.39, 0.29) is 11.5 Å². The van der Waals surface area contributed by atoms with Gasteiger partial charge in [-0.2, -0.15) is 0 Å². The molecule has 0 aliphatic carbocycles. The van der Waals surface area contributed by atoms with E-state index >= 15 is 0 Å². The van der Waals surface area contributed by atoms with E-state index in [0.29, 0.717) is 16.9 Å². The SMILES string of the molecule is Cc1ccc(C(=O)Nc2ccc(Sc3nccn3C)cc2)cc1NC(=O)c1ccccc1F. The maximum atomic E-state index is 13.9. The molecule has 4 aromatic rings. The van der Waals surface area contributed by atoms with Gasteiger partial charge in [-0.3, -0.25) is 9.59 Å². The number of carbonyl (C=O) groups is 2. The van der Waals surface area contributed by atoms with Crippen LogP contribution in [-0.4, -0.2) is 21.4 Å². The van der Waals surface area contributed by atoms with Crippen LogP contribution < -0.4 is 10.6 Å². The molecule has 0 fully saturated rings. The molecule has 2 N–H and O–H groups in total. The number of benzene rings is 3. The molecule has 0 radical (unpaired) electrons. The minimum Gasteiger partial charge on any atom is -0.329 e. The Labute approximate surface area is 194 Å². The van der Waals surface area contributed by atoms with Crippen LogP contribution in [0.15, 0.2) is 89.2 Å². The van der Waals surface area contributed by atoms with Gasteiger partial charge in [-0.1, -0.05) is 30.0 Å². The van der Waals surface area contributed by atoms with Gasteiger partial charge in [-0.25, -0.2) is 9.37 Å². The first-order valence-corrected chi connectivity index (χ1v) is 11.0. The number of amides is 2. The molecule has 0 saturated heterocycles. The van der Waals surface area contributed by atoms with Crippen molar-refractivity contribution in [1.82, 2.24) is 9.55 Å². The summed E-state index contributed by atoms with van der Waals surface area (Å²) in [5.74, 6) is -1.50. The van der Waals surface area contributed by atoms with E-state index in [9.17, 15) is 14.0 Å². The zero-order chi connectivity index (χ0) is 23.4. The van der Waals surface area contributed by atoms with Gasteiger partial charge in [0.15, 0.2) is 5.16 Å². The zero-order valence-corrected chi connectivity index (χ0v) is 18.8. The van der Waals surface area contributed by atoms with Gasteiger partial charge >= 0.3 is 0 Å². The van der Waals surface area contributed by atoms with Gasteiger partial charge < -0.3 is 15.2 Å². The third-order valence-electron chi connectivity index (χ3n) is 4.96. The topological polar surface area (TPSA) is 76.0 Å². The smallest absolute Gasteiger partial charge is 0.258 e. The van der Waals surface area contributed by atoms with Crippen molar-refractivity contribution in [1.29, 1.82) is 0 Å². The van der Waals surface area contributed by atoms with Gasteiger partial charge in [0.1, 0.15) is 5.82 Å². The number of anilines is 2. The number of aryl methyl sites for hydroxylation is 2. The summed E-state index contributed by atoms with van der Waals surface area (Å²) in [5, 5.41) is 6.42. The molecule has 0 aliphatic heterocycles. The molecule has 3 aromatic carbocycles. The number of carbonyl (C=O) groups excluding carboxylic acids is 2. The number of hydrogen-bond donors (Lipinski definition) is 2. The van der Waals surface area contributed by atoms with Crippen LogP contribution in [0, 0.1) is 12.7 Å². The molecule has 33 heavy (non-hydrogen) atoms. The highest BCUT2D eigenvalue weighted by atomic mass is 32.2. The van der Waals surface area contributed by atoms with Crippen molar-refractivity contribution in [2.24, 2.45) is 7.05 Å². The van der Waals surface area contributed by atoms with Crippen LogP contribution in [0.4, 0.5) is 15.8 Å². The zero-order valence-electron chi connectivity index (χ0n) is 18.0. The average Bonchev–Trinajstić information content (AvgIpc) is 3.21. The number of rotatable bonds is 6. The van der Waals surface area contributed by atoms with Gasteiger partial charge in [0.2, 0.25) is 0 Å². The standard InChI is InChI=1S/C25H21FN4O2S/c1-16-7-8-17(15-22(16)29-24(32)20-5-3-4-6-21(20)26)23(31)28-18-9-11-19(12-10-18)33-25-27-13-14-30(25)2/h3-15H,1-2H3,(H,28,31)(H,29,32). The maximum absolute atomic E-state index is 13.9. The van der Waals surface area contributed by atoms with Crippen LogP contribution in [0.3, 0.4) is 0 Å². The molecule has 4 rings (SSSR count). The summed E-state index contributed by atoms with van der Waals surface area (Å²) < 4.78 is 15.8. The van der Waals surface area contributed by atoms with Gasteiger partial charge in [0.05, 0.1) is 5.56 Å². The van der Waals surface area contributed by atoms with E-state index in [1.807, 2.05) is 42.1 Å². The van der Waals surface area contributed by atoms with Crippen LogP contribution in [0.5, 0.6) is 0 Å². The Kier molecular flexibility index (Phi) is 6.55. The molecule has 1 aromatic heterocycles. The lowest BCUT2D eigenvalue weighted by Crippen LogP contribution is -2.16. The van der Waals surface area contributed by atoms with Crippen molar-refractivity contribution in [2.75, 3.05) is 10.6 Å². The fourth-order valence-corrected chi connectivity index (χ4v) is 3.90. The molecule has 2 amide bonds. The first kappa shape index (κ1) is 22.3. The molecule has 0 spiro atoms. The molecule has 0 saturated carbocycles. The third-order valence-corrected chi connectivity index (χ3v) is 6.05. The summed E-state index contributed by atoms with van der Waals surface area (Å²) in [6.45, 7) is 1.80. The summed E-state index contributed by atoms with van der Waals surface area (Å²) in [6.07, 6.45) is 3.62. The molecule has 6 nitrogen and oxygen atoms in total.